The van der Waals surface area contributed by atoms with Crippen molar-refractivity contribution in [2.24, 2.45) is 0 Å². The van der Waals surface area contributed by atoms with Gasteiger partial charge in [0.05, 0.1) is 6.61 Å². The summed E-state index contributed by atoms with van der Waals surface area (Å²) in [5.41, 5.74) is 0. The van der Waals surface area contributed by atoms with Gasteiger partial charge in [0.25, 0.3) is 0 Å². The lowest BCUT2D eigenvalue weighted by Crippen LogP contribution is -1.87. The van der Waals surface area contributed by atoms with E-state index in [9.17, 15) is 4.79 Å². The molecule has 0 atom stereocenters. The van der Waals surface area contributed by atoms with Gasteiger partial charge in [-0.05, 0) is 12.8 Å². The Kier molecular flexibility index (Phi) is 6.58. The molecule has 0 saturated carbocycles. The van der Waals surface area contributed by atoms with Crippen LogP contribution in [0.25, 0.3) is 0 Å². The lowest BCUT2D eigenvalue weighted by Gasteiger charge is -1.88. The minimum absolute atomic E-state index is 0.444. The third-order valence-corrected chi connectivity index (χ3v) is 0.848. The molecule has 0 aromatic heterocycles. The molecule has 2 heteroatoms. The molecule has 9 heavy (non-hydrogen) atoms. The molecular formula is C7H11O2. The zero-order chi connectivity index (χ0) is 6.95. The average molecular weight is 127 g/mol. The highest BCUT2D eigenvalue weighted by Crippen LogP contribution is 1.85. The van der Waals surface area contributed by atoms with E-state index in [-0.39, 0.29) is 0 Å². The maximum absolute atomic E-state index is 9.47. The molecule has 0 amide bonds. The van der Waals surface area contributed by atoms with Crippen molar-refractivity contribution in [3.63, 3.8) is 0 Å². The first-order valence-electron chi connectivity index (χ1n) is 3.05. The number of hydrogen-bond donors (Lipinski definition) is 0. The quantitative estimate of drug-likeness (QED) is 0.412. The van der Waals surface area contributed by atoms with E-state index in [1.165, 1.54) is 6.47 Å². The lowest BCUT2D eigenvalue weighted by molar-refractivity contribution is 0.284. The average Bonchev–Trinajstić information content (AvgIpc) is 1.89. The Balaban J connectivity index is 2.90. The molecule has 0 heterocycles. The van der Waals surface area contributed by atoms with E-state index >= 15 is 0 Å². The highest BCUT2D eigenvalue weighted by atomic mass is 16.5. The van der Waals surface area contributed by atoms with Crippen LogP contribution in [0.3, 0.4) is 0 Å². The van der Waals surface area contributed by atoms with Crippen molar-refractivity contribution in [3.8, 4) is 0 Å². The summed E-state index contributed by atoms with van der Waals surface area (Å²) in [5.74, 6) is 0. The second-order valence-corrected chi connectivity index (χ2v) is 1.60. The molecule has 0 bridgehead atoms. The first-order chi connectivity index (χ1) is 4.41. The summed E-state index contributed by atoms with van der Waals surface area (Å²) in [6.07, 6.45) is 5.85. The van der Waals surface area contributed by atoms with Gasteiger partial charge in [0.1, 0.15) is 0 Å². The number of ether oxygens (including phenoxy) is 1. The monoisotopic (exact) mass is 127 g/mol. The molecule has 0 N–H and O–H groups in total. The van der Waals surface area contributed by atoms with Crippen LogP contribution in [0.1, 0.15) is 19.8 Å². The summed E-state index contributed by atoms with van der Waals surface area (Å²) in [5, 5.41) is 0. The first kappa shape index (κ1) is 8.21. The molecule has 0 aliphatic rings. The topological polar surface area (TPSA) is 26.3 Å². The van der Waals surface area contributed by atoms with Gasteiger partial charge in [-0.2, -0.15) is 0 Å². The Morgan fingerprint density at radius 2 is 2.33 bits per heavy atom. The van der Waals surface area contributed by atoms with Crippen LogP contribution in [-0.2, 0) is 9.53 Å². The molecule has 1 radical (unpaired) electrons. The molecule has 0 saturated heterocycles. The smallest absolute Gasteiger partial charge is 0.417 e. The lowest BCUT2D eigenvalue weighted by atomic mass is 10.3. The second-order valence-electron chi connectivity index (χ2n) is 1.60. The van der Waals surface area contributed by atoms with E-state index in [1.807, 2.05) is 12.2 Å². The van der Waals surface area contributed by atoms with E-state index in [1.54, 1.807) is 0 Å². The second kappa shape index (κ2) is 7.21. The molecule has 0 fully saturated rings. The van der Waals surface area contributed by atoms with Gasteiger partial charge in [-0.3, -0.25) is 0 Å². The van der Waals surface area contributed by atoms with Gasteiger partial charge >= 0.3 is 6.47 Å². The van der Waals surface area contributed by atoms with Crippen LogP contribution >= 0.6 is 0 Å². The molecule has 0 spiro atoms. The molecule has 0 aromatic rings. The molecular weight excluding hydrogens is 116 g/mol. The van der Waals surface area contributed by atoms with Crippen molar-refractivity contribution < 1.29 is 9.53 Å². The normalized spacial score (nSPS) is 9.89. The molecule has 0 unspecified atom stereocenters. The number of allylic oxidation sites excluding steroid dienone is 1. The third-order valence-electron chi connectivity index (χ3n) is 0.848. The number of hydrogen-bond acceptors (Lipinski definition) is 2. The van der Waals surface area contributed by atoms with Crippen LogP contribution in [0.5, 0.6) is 0 Å². The molecule has 2 nitrogen and oxygen atoms in total. The van der Waals surface area contributed by atoms with Gasteiger partial charge in [0, 0.05) is 0 Å². The van der Waals surface area contributed by atoms with Gasteiger partial charge in [0.15, 0.2) is 0 Å². The fourth-order valence-electron chi connectivity index (χ4n) is 0.453. The van der Waals surface area contributed by atoms with Gasteiger partial charge in [-0.1, -0.05) is 19.1 Å². The maximum Gasteiger partial charge on any atom is 0.417 e. The van der Waals surface area contributed by atoms with Crippen molar-refractivity contribution in [3.05, 3.63) is 12.2 Å². The maximum atomic E-state index is 9.47. The van der Waals surface area contributed by atoms with Gasteiger partial charge in [-0.15, -0.1) is 0 Å². The molecule has 0 aromatic carbocycles. The Morgan fingerprint density at radius 3 is 2.89 bits per heavy atom. The highest BCUT2D eigenvalue weighted by molar-refractivity contribution is 5.38. The summed E-state index contributed by atoms with van der Waals surface area (Å²) >= 11 is 0. The van der Waals surface area contributed by atoms with Crippen molar-refractivity contribution in [2.75, 3.05) is 6.61 Å². The standard InChI is InChI=1S/C7H11O2/c1-2-3-4-5-6-9-7-8/h3-4H,2,5-6H2,1H3. The van der Waals surface area contributed by atoms with Crippen LogP contribution in [0, 0.1) is 0 Å². The minimum atomic E-state index is 0.444. The predicted molar refractivity (Wildman–Crippen MR) is 35.7 cm³/mol. The van der Waals surface area contributed by atoms with Crippen molar-refractivity contribution in [1.82, 2.24) is 0 Å². The Labute approximate surface area is 55.5 Å². The Morgan fingerprint density at radius 1 is 1.56 bits per heavy atom. The summed E-state index contributed by atoms with van der Waals surface area (Å²) in [6, 6.07) is 0. The number of rotatable bonds is 5. The van der Waals surface area contributed by atoms with E-state index in [0.717, 1.165) is 12.8 Å². The zero-order valence-corrected chi connectivity index (χ0v) is 5.59. The van der Waals surface area contributed by atoms with E-state index in [2.05, 4.69) is 11.7 Å². The molecule has 0 rings (SSSR count). The molecule has 51 valence electrons. The van der Waals surface area contributed by atoms with Crippen LogP contribution in [0.4, 0.5) is 0 Å². The number of carbonyl (C=O) groups excluding carboxylic acids is 1. The van der Waals surface area contributed by atoms with E-state index < -0.39 is 0 Å². The predicted octanol–water partition coefficient (Wildman–Crippen LogP) is 1.43. The fraction of sp³-hybridized carbons (Fsp3) is 0.571. The van der Waals surface area contributed by atoms with Crippen LogP contribution < -0.4 is 0 Å². The summed E-state index contributed by atoms with van der Waals surface area (Å²) in [7, 11) is 0. The van der Waals surface area contributed by atoms with E-state index in [0.29, 0.717) is 6.61 Å². The van der Waals surface area contributed by atoms with E-state index in [4.69, 9.17) is 0 Å². The summed E-state index contributed by atoms with van der Waals surface area (Å²) in [4.78, 5) is 9.47. The fourth-order valence-corrected chi connectivity index (χ4v) is 0.453. The third kappa shape index (κ3) is 7.21. The van der Waals surface area contributed by atoms with Crippen molar-refractivity contribution in [2.45, 2.75) is 19.8 Å². The largest absolute Gasteiger partial charge is 0.457 e. The summed E-state index contributed by atoms with van der Waals surface area (Å²) < 4.78 is 4.32. The summed E-state index contributed by atoms with van der Waals surface area (Å²) in [6.45, 7) is 3.86. The van der Waals surface area contributed by atoms with Crippen LogP contribution in [0.2, 0.25) is 0 Å². The van der Waals surface area contributed by atoms with Crippen LogP contribution in [0.15, 0.2) is 12.2 Å². The Bertz CT molecular complexity index is 86.9. The van der Waals surface area contributed by atoms with Crippen molar-refractivity contribution in [1.29, 1.82) is 0 Å². The van der Waals surface area contributed by atoms with Crippen LogP contribution in [-0.4, -0.2) is 13.1 Å². The van der Waals surface area contributed by atoms with Gasteiger partial charge < -0.3 is 4.74 Å². The zero-order valence-electron chi connectivity index (χ0n) is 5.59. The highest BCUT2D eigenvalue weighted by Gasteiger charge is 1.78. The molecule has 0 aliphatic carbocycles. The first-order valence-corrected chi connectivity index (χ1v) is 3.05. The van der Waals surface area contributed by atoms with Gasteiger partial charge in [-0.25, -0.2) is 4.79 Å². The van der Waals surface area contributed by atoms with Gasteiger partial charge in [0.2, 0.25) is 0 Å². The van der Waals surface area contributed by atoms with Crippen molar-refractivity contribution >= 4 is 6.47 Å². The minimum Gasteiger partial charge on any atom is -0.457 e. The SMILES string of the molecule is CCC=CCCO[C]=O. The molecule has 0 aliphatic heterocycles. The Hall–Kier alpha value is -0.790.